The molecule has 13 heteroatoms. The van der Waals surface area contributed by atoms with Gasteiger partial charge in [-0.1, -0.05) is 102 Å². The quantitative estimate of drug-likeness (QED) is 0.135. The van der Waals surface area contributed by atoms with E-state index in [1.807, 2.05) is 44.9 Å². The van der Waals surface area contributed by atoms with Gasteiger partial charge in [-0.15, -0.1) is 0 Å². The Labute approximate surface area is 363 Å². The SMILES string of the molecule is COC(=O)C[C@H](C(=O)N1C[C@@H](C)C[C@H]1C1=NC=C(c2ccc(-c3ccc4cc(-c5nc([C@@H]6C[C@H](C)CN6C(=O)[C@@H](NC(=O)OC)C(C)C)[nH]c5Cl)ccc4c3)cc2)C1)C(C)C. The highest BCUT2D eigenvalue weighted by molar-refractivity contribution is 6.32. The second kappa shape index (κ2) is 18.2. The van der Waals surface area contributed by atoms with Crippen molar-refractivity contribution in [1.82, 2.24) is 25.1 Å². The van der Waals surface area contributed by atoms with E-state index in [2.05, 4.69) is 78.7 Å². The molecule has 6 atom stereocenters. The molecular weight excluding hydrogens is 792 g/mol. The number of likely N-dealkylation sites (tertiary alicyclic amines) is 2. The fourth-order valence-corrected chi connectivity index (χ4v) is 9.36. The number of carbonyl (C=O) groups is 4. The van der Waals surface area contributed by atoms with Crippen molar-refractivity contribution in [1.29, 1.82) is 0 Å². The maximum absolute atomic E-state index is 13.8. The average Bonchev–Trinajstić information content (AvgIpc) is 4.06. The molecule has 2 fully saturated rings. The number of methoxy groups -OCH3 is 2. The van der Waals surface area contributed by atoms with E-state index in [9.17, 15) is 19.2 Å². The first-order valence-corrected chi connectivity index (χ1v) is 21.7. The molecule has 12 nitrogen and oxygen atoms in total. The van der Waals surface area contributed by atoms with Crippen LogP contribution in [0.25, 0.3) is 38.7 Å². The number of aromatic nitrogens is 2. The number of hydrogen-bond acceptors (Lipinski definition) is 8. The summed E-state index contributed by atoms with van der Waals surface area (Å²) < 4.78 is 9.70. The number of rotatable bonds is 12. The first kappa shape index (κ1) is 43.6. The number of alkyl carbamates (subject to hydrolysis) is 1. The fourth-order valence-electron chi connectivity index (χ4n) is 9.11. The summed E-state index contributed by atoms with van der Waals surface area (Å²) in [5, 5.41) is 5.22. The molecule has 0 saturated carbocycles. The van der Waals surface area contributed by atoms with Gasteiger partial charge >= 0.3 is 12.1 Å². The van der Waals surface area contributed by atoms with E-state index in [0.29, 0.717) is 48.5 Å². The maximum atomic E-state index is 13.8. The lowest BCUT2D eigenvalue weighted by Crippen LogP contribution is -2.51. The number of halogens is 1. The van der Waals surface area contributed by atoms with Crippen LogP contribution in [-0.4, -0.2) is 88.7 Å². The molecule has 0 spiro atoms. The van der Waals surface area contributed by atoms with Crippen LogP contribution in [0.4, 0.5) is 4.79 Å². The highest BCUT2D eigenvalue weighted by Crippen LogP contribution is 2.39. The Balaban J connectivity index is 1.03. The number of H-pyrrole nitrogens is 1. The molecule has 3 aliphatic heterocycles. The number of aliphatic imine (C=N–C) groups is 1. The number of amides is 3. The zero-order valence-corrected chi connectivity index (χ0v) is 37.1. The molecule has 0 bridgehead atoms. The van der Waals surface area contributed by atoms with Crippen molar-refractivity contribution in [3.8, 4) is 22.4 Å². The van der Waals surface area contributed by atoms with Gasteiger partial charge in [-0.3, -0.25) is 19.4 Å². The van der Waals surface area contributed by atoms with Crippen molar-refractivity contribution in [2.24, 2.45) is 34.6 Å². The molecule has 4 aromatic rings. The minimum absolute atomic E-state index is 0.00415. The Morgan fingerprint density at radius 3 is 2.00 bits per heavy atom. The Morgan fingerprint density at radius 2 is 1.38 bits per heavy atom. The van der Waals surface area contributed by atoms with E-state index in [1.165, 1.54) is 14.2 Å². The summed E-state index contributed by atoms with van der Waals surface area (Å²) in [5.74, 6) is 0.102. The third-order valence-electron chi connectivity index (χ3n) is 12.6. The van der Waals surface area contributed by atoms with Crippen molar-refractivity contribution >= 4 is 57.5 Å². The van der Waals surface area contributed by atoms with Crippen molar-refractivity contribution in [2.45, 2.75) is 85.4 Å². The first-order chi connectivity index (χ1) is 29.1. The summed E-state index contributed by atoms with van der Waals surface area (Å²) in [5.41, 5.74) is 6.86. The lowest BCUT2D eigenvalue weighted by molar-refractivity contribution is -0.148. The van der Waals surface area contributed by atoms with Crippen LogP contribution in [0, 0.1) is 29.6 Å². The van der Waals surface area contributed by atoms with Gasteiger partial charge in [-0.25, -0.2) is 9.78 Å². The number of nitrogens with one attached hydrogen (secondary N) is 2. The van der Waals surface area contributed by atoms with Crippen LogP contribution in [0.1, 0.15) is 84.7 Å². The predicted octanol–water partition coefficient (Wildman–Crippen LogP) is 9.10. The number of aromatic amines is 1. The van der Waals surface area contributed by atoms with Gasteiger partial charge in [0.1, 0.15) is 22.7 Å². The van der Waals surface area contributed by atoms with E-state index in [-0.39, 0.29) is 54.0 Å². The highest BCUT2D eigenvalue weighted by Gasteiger charge is 2.42. The second-order valence-electron chi connectivity index (χ2n) is 17.8. The zero-order valence-electron chi connectivity index (χ0n) is 36.3. The van der Waals surface area contributed by atoms with Crippen LogP contribution in [0.2, 0.25) is 5.15 Å². The number of fused-ring (bicyclic) bond motifs is 1. The minimum Gasteiger partial charge on any atom is -0.469 e. The normalized spacial score (nSPS) is 21.2. The summed E-state index contributed by atoms with van der Waals surface area (Å²) in [6.45, 7) is 13.2. The average molecular weight is 849 g/mol. The van der Waals surface area contributed by atoms with E-state index in [4.69, 9.17) is 31.1 Å². The van der Waals surface area contributed by atoms with E-state index in [0.717, 1.165) is 50.7 Å². The molecule has 4 heterocycles. The predicted molar refractivity (Wildman–Crippen MR) is 239 cm³/mol. The van der Waals surface area contributed by atoms with Gasteiger partial charge < -0.3 is 29.6 Å². The summed E-state index contributed by atoms with van der Waals surface area (Å²) in [6.07, 6.45) is 3.61. The Hall–Kier alpha value is -5.49. The molecule has 7 rings (SSSR count). The van der Waals surface area contributed by atoms with Crippen LogP contribution in [0.3, 0.4) is 0 Å². The van der Waals surface area contributed by atoms with Gasteiger partial charge in [0, 0.05) is 37.0 Å². The van der Waals surface area contributed by atoms with Crippen LogP contribution < -0.4 is 5.32 Å². The maximum Gasteiger partial charge on any atom is 0.407 e. The molecule has 2 saturated heterocycles. The topological polar surface area (TPSA) is 146 Å². The zero-order chi connectivity index (χ0) is 43.7. The number of hydrogen-bond donors (Lipinski definition) is 2. The third kappa shape index (κ3) is 9.24. The molecule has 3 aliphatic rings. The highest BCUT2D eigenvalue weighted by atomic mass is 35.5. The summed E-state index contributed by atoms with van der Waals surface area (Å²) in [7, 11) is 2.65. The number of ether oxygens (including phenoxy) is 2. The molecule has 0 unspecified atom stereocenters. The van der Waals surface area contributed by atoms with Crippen LogP contribution >= 0.6 is 11.6 Å². The second-order valence-corrected chi connectivity index (χ2v) is 18.2. The van der Waals surface area contributed by atoms with Gasteiger partial charge in [-0.2, -0.15) is 0 Å². The molecule has 3 aromatic carbocycles. The molecule has 0 aliphatic carbocycles. The number of esters is 1. The molecule has 2 N–H and O–H groups in total. The Bertz CT molecular complexity index is 2370. The van der Waals surface area contributed by atoms with Crippen molar-refractivity contribution < 1.29 is 28.7 Å². The Kier molecular flexibility index (Phi) is 13.0. The van der Waals surface area contributed by atoms with Crippen molar-refractivity contribution in [3.05, 3.63) is 83.4 Å². The monoisotopic (exact) mass is 848 g/mol. The lowest BCUT2D eigenvalue weighted by atomic mass is 9.90. The van der Waals surface area contributed by atoms with Gasteiger partial charge in [-0.05, 0) is 81.7 Å². The number of allylic oxidation sites excluding steroid dienone is 1. The van der Waals surface area contributed by atoms with Crippen LogP contribution in [0.15, 0.2) is 71.9 Å². The molecular formula is C48H57ClN6O6. The lowest BCUT2D eigenvalue weighted by Gasteiger charge is -2.30. The first-order valence-electron chi connectivity index (χ1n) is 21.3. The van der Waals surface area contributed by atoms with Gasteiger partial charge in [0.15, 0.2) is 0 Å². The van der Waals surface area contributed by atoms with E-state index >= 15 is 0 Å². The van der Waals surface area contributed by atoms with Gasteiger partial charge in [0.25, 0.3) is 0 Å². The smallest absolute Gasteiger partial charge is 0.407 e. The van der Waals surface area contributed by atoms with Gasteiger partial charge in [0.2, 0.25) is 11.8 Å². The fraction of sp³-hybridized carbons (Fsp3) is 0.458. The van der Waals surface area contributed by atoms with E-state index in [1.54, 1.807) is 4.90 Å². The molecule has 1 aromatic heterocycles. The molecule has 3 amide bonds. The minimum atomic E-state index is -0.733. The van der Waals surface area contributed by atoms with Gasteiger partial charge in [0.05, 0.1) is 38.6 Å². The van der Waals surface area contributed by atoms with Crippen molar-refractivity contribution in [2.75, 3.05) is 27.3 Å². The summed E-state index contributed by atoms with van der Waals surface area (Å²) in [6, 6.07) is 20.0. The largest absolute Gasteiger partial charge is 0.469 e. The number of carbonyl (C=O) groups excluding carboxylic acids is 4. The van der Waals surface area contributed by atoms with Crippen molar-refractivity contribution in [3.63, 3.8) is 0 Å². The summed E-state index contributed by atoms with van der Waals surface area (Å²) >= 11 is 6.81. The van der Waals surface area contributed by atoms with Crippen LogP contribution in [-0.2, 0) is 23.9 Å². The van der Waals surface area contributed by atoms with E-state index < -0.39 is 18.1 Å². The number of imidazole rings is 1. The molecule has 61 heavy (non-hydrogen) atoms. The molecule has 0 radical (unpaired) electrons. The third-order valence-corrected chi connectivity index (χ3v) is 12.8. The number of nitrogens with zero attached hydrogens (tertiary/aromatic N) is 4. The standard InChI is InChI=1S/C48H57ClN6O6/c1-26(2)37(22-41(56)60-7)46(57)54-24-28(5)17-39(54)38-21-36(23-50-38)31-11-9-30(10-12-31)32-13-14-34-20-35(16-15-33(34)19-32)43-44(49)53-45(51-43)40-18-29(6)25-55(40)47(58)42(27(3)4)52-48(59)61-8/h9-16,19-20,23,26-29,37,39-40,42H,17-18,21-22,24-25H2,1-8H3,(H,51,53)(H,52,59)/t28-,29-,37-,39-,40-,42-/m0/s1. The Morgan fingerprint density at radius 1 is 0.787 bits per heavy atom. The van der Waals surface area contributed by atoms with Crippen LogP contribution in [0.5, 0.6) is 0 Å². The summed E-state index contributed by atoms with van der Waals surface area (Å²) in [4.78, 5) is 68.6. The number of benzene rings is 3. The molecule has 322 valence electrons.